The van der Waals surface area contributed by atoms with Gasteiger partial charge in [0.05, 0.1) is 16.8 Å². The van der Waals surface area contributed by atoms with Crippen LogP contribution in [0.25, 0.3) is 22.2 Å². The minimum absolute atomic E-state index is 0.0298. The second-order valence-corrected chi connectivity index (χ2v) is 9.98. The summed E-state index contributed by atoms with van der Waals surface area (Å²) in [7, 11) is 0. The van der Waals surface area contributed by atoms with Crippen LogP contribution in [0.3, 0.4) is 0 Å². The Morgan fingerprint density at radius 1 is 0.943 bits per heavy atom. The van der Waals surface area contributed by atoms with Crippen LogP contribution in [0.15, 0.2) is 72.8 Å². The van der Waals surface area contributed by atoms with Crippen molar-refractivity contribution in [3.05, 3.63) is 89.5 Å². The van der Waals surface area contributed by atoms with Crippen LogP contribution in [0.5, 0.6) is 5.75 Å². The number of fused-ring (bicyclic) bond motifs is 2. The molecule has 35 heavy (non-hydrogen) atoms. The molecule has 1 aliphatic carbocycles. The van der Waals surface area contributed by atoms with Crippen LogP contribution in [0.1, 0.15) is 42.3 Å². The number of rotatable bonds is 3. The number of carbonyl (C=O) groups is 2. The van der Waals surface area contributed by atoms with E-state index in [0.29, 0.717) is 12.8 Å². The number of aromatic hydroxyl groups is 1. The molecule has 4 aromatic rings. The first-order valence-corrected chi connectivity index (χ1v) is 11.7. The molecule has 5 rings (SSSR count). The van der Waals surface area contributed by atoms with Gasteiger partial charge in [0, 0.05) is 11.4 Å². The molecule has 178 valence electrons. The molecule has 0 radical (unpaired) electrons. The molecule has 1 atom stereocenters. The first-order chi connectivity index (χ1) is 16.7. The summed E-state index contributed by atoms with van der Waals surface area (Å²) in [5.74, 6) is -0.316. The molecule has 0 saturated carbocycles. The molecular weight excluding hydrogens is 440 g/mol. The highest BCUT2D eigenvalue weighted by Gasteiger charge is 2.27. The van der Waals surface area contributed by atoms with Gasteiger partial charge < -0.3 is 15.2 Å². The average Bonchev–Trinajstić information content (AvgIpc) is 3.38. The molecule has 6 nitrogen and oxygen atoms in total. The van der Waals surface area contributed by atoms with Gasteiger partial charge in [-0.25, -0.2) is 9.36 Å². The lowest BCUT2D eigenvalue weighted by Crippen LogP contribution is -2.35. The van der Waals surface area contributed by atoms with E-state index in [2.05, 4.69) is 17.4 Å². The highest BCUT2D eigenvalue weighted by atomic mass is 16.6. The molecule has 6 heteroatoms. The van der Waals surface area contributed by atoms with Crippen molar-refractivity contribution < 1.29 is 19.4 Å². The Morgan fingerprint density at radius 3 is 2.43 bits per heavy atom. The van der Waals surface area contributed by atoms with E-state index in [-0.39, 0.29) is 23.3 Å². The Balaban J connectivity index is 1.44. The molecule has 1 aliphatic rings. The number of phenolic OH excluding ortho intramolecular Hbond substituents is 1. The van der Waals surface area contributed by atoms with Crippen LogP contribution < -0.4 is 5.32 Å². The Labute approximate surface area is 204 Å². The van der Waals surface area contributed by atoms with Gasteiger partial charge in [-0.3, -0.25) is 4.79 Å². The maximum absolute atomic E-state index is 13.2. The smallest absolute Gasteiger partial charge is 0.419 e. The summed E-state index contributed by atoms with van der Waals surface area (Å²) in [6.07, 6.45) is 0.973. The minimum atomic E-state index is -0.615. The Kier molecular flexibility index (Phi) is 5.59. The van der Waals surface area contributed by atoms with Crippen molar-refractivity contribution in [1.82, 2.24) is 9.88 Å². The van der Waals surface area contributed by atoms with Crippen molar-refractivity contribution in [3.63, 3.8) is 0 Å². The average molecular weight is 469 g/mol. The summed E-state index contributed by atoms with van der Waals surface area (Å²) in [5.41, 5.74) is 4.43. The van der Waals surface area contributed by atoms with E-state index in [1.165, 1.54) is 6.07 Å². The zero-order chi connectivity index (χ0) is 24.7. The van der Waals surface area contributed by atoms with Crippen LogP contribution >= 0.6 is 0 Å². The third-order valence-electron chi connectivity index (χ3n) is 6.21. The molecule has 0 spiro atoms. The van der Waals surface area contributed by atoms with E-state index in [0.717, 1.165) is 33.3 Å². The van der Waals surface area contributed by atoms with E-state index < -0.39 is 11.7 Å². The second-order valence-electron chi connectivity index (χ2n) is 9.98. The van der Waals surface area contributed by atoms with Gasteiger partial charge in [0.2, 0.25) is 0 Å². The molecule has 1 amide bonds. The fourth-order valence-corrected chi connectivity index (χ4v) is 4.68. The lowest BCUT2D eigenvalue weighted by atomic mass is 10.0. The van der Waals surface area contributed by atoms with E-state index in [4.69, 9.17) is 4.74 Å². The van der Waals surface area contributed by atoms with Gasteiger partial charge in [-0.2, -0.15) is 0 Å². The molecule has 0 fully saturated rings. The van der Waals surface area contributed by atoms with Crippen LogP contribution in [0.2, 0.25) is 0 Å². The van der Waals surface area contributed by atoms with Crippen LogP contribution in [0.4, 0.5) is 4.79 Å². The normalized spacial score (nSPS) is 15.1. The zero-order valence-corrected chi connectivity index (χ0v) is 20.0. The van der Waals surface area contributed by atoms with Gasteiger partial charge in [0.25, 0.3) is 5.91 Å². The van der Waals surface area contributed by atoms with Crippen LogP contribution in [-0.2, 0) is 17.6 Å². The summed E-state index contributed by atoms with van der Waals surface area (Å²) in [6, 6.07) is 22.4. The van der Waals surface area contributed by atoms with Gasteiger partial charge in [0.1, 0.15) is 11.4 Å². The molecule has 3 aromatic carbocycles. The fourth-order valence-electron chi connectivity index (χ4n) is 4.68. The number of para-hydroxylation sites is 2. The quantitative estimate of drug-likeness (QED) is 0.405. The van der Waals surface area contributed by atoms with E-state index in [9.17, 15) is 14.7 Å². The van der Waals surface area contributed by atoms with Crippen molar-refractivity contribution >= 4 is 22.9 Å². The largest absolute Gasteiger partial charge is 0.507 e. The van der Waals surface area contributed by atoms with Crippen molar-refractivity contribution in [2.75, 3.05) is 0 Å². The summed E-state index contributed by atoms with van der Waals surface area (Å²) in [4.78, 5) is 25.8. The topological polar surface area (TPSA) is 80.6 Å². The molecule has 0 bridgehead atoms. The highest BCUT2D eigenvalue weighted by Crippen LogP contribution is 2.33. The maximum Gasteiger partial charge on any atom is 0.419 e. The number of aromatic nitrogens is 1. The van der Waals surface area contributed by atoms with Gasteiger partial charge in [-0.15, -0.1) is 0 Å². The van der Waals surface area contributed by atoms with E-state index >= 15 is 0 Å². The number of benzene rings is 3. The van der Waals surface area contributed by atoms with E-state index in [1.54, 1.807) is 22.8 Å². The maximum atomic E-state index is 13.2. The molecule has 1 aromatic heterocycles. The third-order valence-corrected chi connectivity index (χ3v) is 6.21. The lowest BCUT2D eigenvalue weighted by molar-refractivity contribution is 0.0547. The number of ether oxygens (including phenoxy) is 1. The first-order valence-electron chi connectivity index (χ1n) is 11.7. The van der Waals surface area contributed by atoms with Gasteiger partial charge in [-0.05, 0) is 80.6 Å². The predicted molar refractivity (Wildman–Crippen MR) is 136 cm³/mol. The summed E-state index contributed by atoms with van der Waals surface area (Å²) < 4.78 is 7.35. The van der Waals surface area contributed by atoms with Crippen molar-refractivity contribution in [1.29, 1.82) is 0 Å². The SMILES string of the molecule is CC(C)(C)OC(=O)n1c(-c2ccc3c(c2)CC(NC(=O)c2ccccc2O)C3)cc2ccccc21. The van der Waals surface area contributed by atoms with Gasteiger partial charge >= 0.3 is 6.09 Å². The summed E-state index contributed by atoms with van der Waals surface area (Å²) in [6.45, 7) is 5.57. The number of carbonyl (C=O) groups excluding carboxylic acids is 2. The van der Waals surface area contributed by atoms with Crippen molar-refractivity contribution in [3.8, 4) is 17.0 Å². The fraction of sp³-hybridized carbons (Fsp3) is 0.241. The Bertz CT molecular complexity index is 1440. The lowest BCUT2D eigenvalue weighted by Gasteiger charge is -2.21. The monoisotopic (exact) mass is 468 g/mol. The number of amides is 1. The molecule has 1 heterocycles. The molecule has 2 N–H and O–H groups in total. The molecular formula is C29H28N2O4. The predicted octanol–water partition coefficient (Wildman–Crippen LogP) is 5.69. The number of nitrogens with zero attached hydrogens (tertiary/aromatic N) is 1. The highest BCUT2D eigenvalue weighted by molar-refractivity contribution is 5.97. The van der Waals surface area contributed by atoms with Gasteiger partial charge in [0.15, 0.2) is 0 Å². The Hall–Kier alpha value is -4.06. The number of hydrogen-bond acceptors (Lipinski definition) is 4. The third kappa shape index (κ3) is 4.52. The second kappa shape index (κ2) is 8.62. The van der Waals surface area contributed by atoms with E-state index in [1.807, 2.05) is 57.2 Å². The molecule has 0 aliphatic heterocycles. The minimum Gasteiger partial charge on any atom is -0.507 e. The molecule has 1 unspecified atom stereocenters. The summed E-state index contributed by atoms with van der Waals surface area (Å²) in [5, 5.41) is 14.0. The standard InChI is InChI=1S/C29H28N2O4/c1-29(2,3)35-28(34)31-24-10-6-4-8-19(24)17-25(31)20-13-12-18-15-22(16-21(18)14-20)30-27(33)23-9-5-7-11-26(23)32/h4-14,17,22,32H,15-16H2,1-3H3,(H,30,33). The van der Waals surface area contributed by atoms with Crippen molar-refractivity contribution in [2.45, 2.75) is 45.3 Å². The Morgan fingerprint density at radius 2 is 1.66 bits per heavy atom. The zero-order valence-electron chi connectivity index (χ0n) is 20.0. The summed E-state index contributed by atoms with van der Waals surface area (Å²) >= 11 is 0. The number of phenols is 1. The number of hydrogen-bond donors (Lipinski definition) is 2. The van der Waals surface area contributed by atoms with Crippen LogP contribution in [0, 0.1) is 0 Å². The number of nitrogens with one attached hydrogen (secondary N) is 1. The first kappa shape index (κ1) is 22.7. The van der Waals surface area contributed by atoms with Gasteiger partial charge in [-0.1, -0.05) is 42.5 Å². The molecule has 0 saturated heterocycles. The van der Waals surface area contributed by atoms with Crippen LogP contribution in [-0.4, -0.2) is 33.3 Å². The van der Waals surface area contributed by atoms with Crippen molar-refractivity contribution in [2.24, 2.45) is 0 Å².